The van der Waals surface area contributed by atoms with E-state index < -0.39 is 29.8 Å². The predicted molar refractivity (Wildman–Crippen MR) is 146 cm³/mol. The Morgan fingerprint density at radius 1 is 0.947 bits per heavy atom. The Bertz CT molecular complexity index is 1330. The van der Waals surface area contributed by atoms with Crippen LogP contribution in [0.2, 0.25) is 10.0 Å². The van der Waals surface area contributed by atoms with E-state index in [1.807, 2.05) is 13.8 Å². The van der Waals surface area contributed by atoms with Crippen molar-refractivity contribution in [1.29, 1.82) is 0 Å². The Hall–Kier alpha value is -3.36. The van der Waals surface area contributed by atoms with E-state index in [0.717, 1.165) is 0 Å². The van der Waals surface area contributed by atoms with Crippen molar-refractivity contribution in [2.24, 2.45) is 0 Å². The second-order valence-corrected chi connectivity index (χ2v) is 9.22. The van der Waals surface area contributed by atoms with Crippen LogP contribution in [-0.4, -0.2) is 42.9 Å². The van der Waals surface area contributed by atoms with Crippen LogP contribution in [0.4, 0.5) is 5.69 Å². The normalized spacial score (nSPS) is 15.4. The monoisotopic (exact) mass is 555 g/mol. The van der Waals surface area contributed by atoms with Gasteiger partial charge in [-0.05, 0) is 61.9 Å². The van der Waals surface area contributed by atoms with E-state index in [9.17, 15) is 14.7 Å². The van der Waals surface area contributed by atoms with Gasteiger partial charge in [0.2, 0.25) is 0 Å². The zero-order chi connectivity index (χ0) is 27.2. The molecule has 1 N–H and O–H groups in total. The molecular formula is C29H27Cl2NO6. The molecule has 0 radical (unpaired) electrons. The van der Waals surface area contributed by atoms with Gasteiger partial charge in [0.25, 0.3) is 5.91 Å². The fraction of sp³-hybridized carbons (Fsp3) is 0.241. The Labute approximate surface area is 231 Å². The van der Waals surface area contributed by atoms with Gasteiger partial charge < -0.3 is 19.3 Å². The second kappa shape index (κ2) is 12.5. The van der Waals surface area contributed by atoms with Crippen LogP contribution < -0.4 is 9.64 Å². The number of aliphatic hydroxyl groups excluding tert-OH is 1. The first-order valence-electron chi connectivity index (χ1n) is 12.1. The molecule has 4 rings (SSSR count). The number of ether oxygens (including phenoxy) is 3. The summed E-state index contributed by atoms with van der Waals surface area (Å²) in [4.78, 5) is 28.8. The Morgan fingerprint density at radius 2 is 1.63 bits per heavy atom. The summed E-state index contributed by atoms with van der Waals surface area (Å²) in [6.07, 6.45) is -0.617. The van der Waals surface area contributed by atoms with Crippen molar-refractivity contribution >= 4 is 40.6 Å². The molecule has 3 aromatic carbocycles. The lowest BCUT2D eigenvalue weighted by Gasteiger charge is -2.27. The molecule has 0 saturated carbocycles. The van der Waals surface area contributed by atoms with Gasteiger partial charge in [-0.1, -0.05) is 53.5 Å². The summed E-state index contributed by atoms with van der Waals surface area (Å²) in [6.45, 7) is 4.60. The quantitative estimate of drug-likeness (QED) is 0.213. The number of carbonyl (C=O) groups is 2. The van der Waals surface area contributed by atoms with Gasteiger partial charge in [0, 0.05) is 28.9 Å². The number of anilines is 1. The molecule has 38 heavy (non-hydrogen) atoms. The van der Waals surface area contributed by atoms with Crippen LogP contribution in [0.15, 0.2) is 84.1 Å². The largest absolute Gasteiger partial charge is 0.503 e. The van der Waals surface area contributed by atoms with Gasteiger partial charge in [-0.3, -0.25) is 14.5 Å². The Kier molecular flexibility index (Phi) is 9.07. The molecule has 1 atom stereocenters. The zero-order valence-electron chi connectivity index (χ0n) is 20.9. The SMILES string of the molecule is CCOC(COc1ccccc1C(=O)C1=C(O)C(=O)N(c2cccc(Cl)c2)C1c1ccc(Cl)cc1)OCC. The first kappa shape index (κ1) is 27.7. The number of benzene rings is 3. The molecule has 0 bridgehead atoms. The molecule has 7 nitrogen and oxygen atoms in total. The standard InChI is InChI=1S/C29H27Cl2NO6/c1-3-36-24(37-4-2)17-38-23-11-6-5-10-22(23)27(33)25-26(18-12-14-19(30)15-13-18)32(29(35)28(25)34)21-9-7-8-20(31)16-21/h5-16,24,26,34H,3-4,17H2,1-2H3. The van der Waals surface area contributed by atoms with Crippen LogP contribution in [0.1, 0.15) is 35.8 Å². The van der Waals surface area contributed by atoms with Crippen molar-refractivity contribution < 1.29 is 28.9 Å². The maximum atomic E-state index is 14.0. The molecule has 1 unspecified atom stereocenters. The van der Waals surface area contributed by atoms with Gasteiger partial charge in [-0.2, -0.15) is 0 Å². The molecule has 1 amide bonds. The van der Waals surface area contributed by atoms with Crippen molar-refractivity contribution in [3.63, 3.8) is 0 Å². The molecular weight excluding hydrogens is 529 g/mol. The lowest BCUT2D eigenvalue weighted by molar-refractivity contribution is -0.152. The topological polar surface area (TPSA) is 85.3 Å². The minimum absolute atomic E-state index is 0.0468. The molecule has 0 aliphatic carbocycles. The number of hydrogen-bond donors (Lipinski definition) is 1. The van der Waals surface area contributed by atoms with Crippen molar-refractivity contribution in [3.05, 3.63) is 105 Å². The molecule has 0 saturated heterocycles. The molecule has 3 aromatic rings. The van der Waals surface area contributed by atoms with Crippen LogP contribution in [0.3, 0.4) is 0 Å². The van der Waals surface area contributed by atoms with Gasteiger partial charge in [-0.15, -0.1) is 0 Å². The Morgan fingerprint density at radius 3 is 2.29 bits per heavy atom. The van der Waals surface area contributed by atoms with Gasteiger partial charge in [0.15, 0.2) is 17.8 Å². The van der Waals surface area contributed by atoms with Crippen LogP contribution >= 0.6 is 23.2 Å². The van der Waals surface area contributed by atoms with E-state index in [-0.39, 0.29) is 23.5 Å². The number of halogens is 2. The number of amides is 1. The number of ketones is 1. The third-order valence-electron chi connectivity index (χ3n) is 5.94. The number of nitrogens with zero attached hydrogens (tertiary/aromatic N) is 1. The number of rotatable bonds is 11. The maximum Gasteiger partial charge on any atom is 0.294 e. The van der Waals surface area contributed by atoms with Gasteiger partial charge in [0.1, 0.15) is 12.4 Å². The molecule has 0 spiro atoms. The smallest absolute Gasteiger partial charge is 0.294 e. The first-order chi connectivity index (χ1) is 18.3. The molecule has 0 fully saturated rings. The molecule has 198 valence electrons. The average Bonchev–Trinajstić information content (AvgIpc) is 3.18. The number of hydrogen-bond acceptors (Lipinski definition) is 6. The highest BCUT2D eigenvalue weighted by Crippen LogP contribution is 2.43. The van der Waals surface area contributed by atoms with E-state index in [0.29, 0.717) is 34.5 Å². The summed E-state index contributed by atoms with van der Waals surface area (Å²) >= 11 is 12.3. The van der Waals surface area contributed by atoms with Crippen molar-refractivity contribution in [2.45, 2.75) is 26.2 Å². The second-order valence-electron chi connectivity index (χ2n) is 8.35. The number of para-hydroxylation sites is 1. The highest BCUT2D eigenvalue weighted by Gasteiger charge is 2.45. The number of Topliss-reactive ketones (excluding diaryl/α,β-unsaturated/α-hetero) is 1. The summed E-state index contributed by atoms with van der Waals surface area (Å²) in [7, 11) is 0. The highest BCUT2D eigenvalue weighted by molar-refractivity contribution is 6.31. The fourth-order valence-electron chi connectivity index (χ4n) is 4.29. The highest BCUT2D eigenvalue weighted by atomic mass is 35.5. The van der Waals surface area contributed by atoms with Gasteiger partial charge >= 0.3 is 0 Å². The summed E-state index contributed by atoms with van der Waals surface area (Å²) < 4.78 is 17.0. The van der Waals surface area contributed by atoms with E-state index in [1.165, 1.54) is 4.90 Å². The summed E-state index contributed by atoms with van der Waals surface area (Å²) in [6, 6.07) is 19.1. The van der Waals surface area contributed by atoms with E-state index >= 15 is 0 Å². The number of carbonyl (C=O) groups excluding carboxylic acids is 2. The van der Waals surface area contributed by atoms with Crippen LogP contribution in [0.5, 0.6) is 5.75 Å². The van der Waals surface area contributed by atoms with Crippen LogP contribution in [0.25, 0.3) is 0 Å². The van der Waals surface area contributed by atoms with Crippen molar-refractivity contribution in [3.8, 4) is 5.75 Å². The maximum absolute atomic E-state index is 14.0. The first-order valence-corrected chi connectivity index (χ1v) is 12.9. The number of aliphatic hydroxyl groups is 1. The van der Waals surface area contributed by atoms with Crippen LogP contribution in [0, 0.1) is 0 Å². The fourth-order valence-corrected chi connectivity index (χ4v) is 4.60. The van der Waals surface area contributed by atoms with E-state index in [1.54, 1.807) is 72.8 Å². The van der Waals surface area contributed by atoms with E-state index in [2.05, 4.69) is 0 Å². The Balaban J connectivity index is 1.75. The minimum atomic E-state index is -0.932. The minimum Gasteiger partial charge on any atom is -0.503 e. The predicted octanol–water partition coefficient (Wildman–Crippen LogP) is 6.55. The van der Waals surface area contributed by atoms with E-state index in [4.69, 9.17) is 37.4 Å². The summed E-state index contributed by atoms with van der Waals surface area (Å²) in [5, 5.41) is 11.9. The van der Waals surface area contributed by atoms with Gasteiger partial charge in [-0.25, -0.2) is 0 Å². The lowest BCUT2D eigenvalue weighted by atomic mass is 9.92. The summed E-state index contributed by atoms with van der Waals surface area (Å²) in [5.41, 5.74) is 1.11. The zero-order valence-corrected chi connectivity index (χ0v) is 22.4. The van der Waals surface area contributed by atoms with Crippen molar-refractivity contribution in [2.75, 3.05) is 24.7 Å². The van der Waals surface area contributed by atoms with Crippen molar-refractivity contribution in [1.82, 2.24) is 0 Å². The molecule has 0 aromatic heterocycles. The molecule has 1 aliphatic heterocycles. The third kappa shape index (κ3) is 5.87. The molecule has 9 heteroatoms. The average molecular weight is 556 g/mol. The third-order valence-corrected chi connectivity index (χ3v) is 6.42. The molecule has 1 heterocycles. The lowest BCUT2D eigenvalue weighted by Crippen LogP contribution is -2.31. The molecule has 1 aliphatic rings. The van der Waals surface area contributed by atoms with Gasteiger partial charge in [0.05, 0.1) is 17.2 Å². The van der Waals surface area contributed by atoms with Crippen LogP contribution in [-0.2, 0) is 14.3 Å². The summed E-state index contributed by atoms with van der Waals surface area (Å²) in [5.74, 6) is -1.65.